The molecule has 0 aromatic carbocycles. The van der Waals surface area contributed by atoms with Gasteiger partial charge in [0.05, 0.1) is 6.61 Å². The molecule has 0 fully saturated rings. The van der Waals surface area contributed by atoms with Crippen LogP contribution in [0.3, 0.4) is 0 Å². The van der Waals surface area contributed by atoms with Crippen molar-refractivity contribution in [2.45, 2.75) is 13.3 Å². The molecule has 2 heterocycles. The molecule has 6 nitrogen and oxygen atoms in total. The predicted octanol–water partition coefficient (Wildman–Crippen LogP) is 0.967. The molecular formula is C11H12N4O2. The lowest BCUT2D eigenvalue weighted by molar-refractivity contribution is 0.0512. The average Bonchev–Trinajstić information content (AvgIpc) is 2.79. The molecule has 0 saturated carbocycles. The van der Waals surface area contributed by atoms with Crippen LogP contribution >= 0.6 is 0 Å². The summed E-state index contributed by atoms with van der Waals surface area (Å²) in [4.78, 5) is 18.1. The first-order valence-corrected chi connectivity index (χ1v) is 5.27. The van der Waals surface area contributed by atoms with E-state index in [-0.39, 0.29) is 5.82 Å². The van der Waals surface area contributed by atoms with Crippen molar-refractivity contribution in [3.05, 3.63) is 41.7 Å². The molecule has 0 bridgehead atoms. The molecule has 88 valence electrons. The third-order valence-corrected chi connectivity index (χ3v) is 2.12. The van der Waals surface area contributed by atoms with E-state index in [1.807, 2.05) is 12.1 Å². The first kappa shape index (κ1) is 11.3. The van der Waals surface area contributed by atoms with Crippen molar-refractivity contribution in [1.29, 1.82) is 0 Å². The molecule has 17 heavy (non-hydrogen) atoms. The van der Waals surface area contributed by atoms with E-state index in [9.17, 15) is 4.79 Å². The molecule has 0 radical (unpaired) electrons. The Morgan fingerprint density at radius 2 is 2.12 bits per heavy atom. The fraction of sp³-hybridized carbons (Fsp3) is 0.273. The zero-order valence-corrected chi connectivity index (χ0v) is 9.38. The maximum absolute atomic E-state index is 11.3. The van der Waals surface area contributed by atoms with Crippen LogP contribution in [0.1, 0.15) is 28.9 Å². The van der Waals surface area contributed by atoms with Crippen molar-refractivity contribution in [3.8, 4) is 0 Å². The van der Waals surface area contributed by atoms with Crippen LogP contribution in [0.5, 0.6) is 0 Å². The summed E-state index contributed by atoms with van der Waals surface area (Å²) < 4.78 is 4.81. The maximum Gasteiger partial charge on any atom is 0.376 e. The number of carbonyl (C=O) groups excluding carboxylic acids is 1. The summed E-state index contributed by atoms with van der Waals surface area (Å²) in [6, 6.07) is 3.76. The molecule has 6 heteroatoms. The van der Waals surface area contributed by atoms with Crippen LogP contribution < -0.4 is 0 Å². The highest BCUT2D eigenvalue weighted by molar-refractivity contribution is 5.84. The van der Waals surface area contributed by atoms with Crippen molar-refractivity contribution < 1.29 is 9.53 Å². The van der Waals surface area contributed by atoms with Crippen molar-refractivity contribution in [2.75, 3.05) is 6.61 Å². The fourth-order valence-corrected chi connectivity index (χ4v) is 1.36. The van der Waals surface area contributed by atoms with Gasteiger partial charge in [0.25, 0.3) is 0 Å². The lowest BCUT2D eigenvalue weighted by atomic mass is 10.2. The Bertz CT molecular complexity index is 495. The quantitative estimate of drug-likeness (QED) is 0.794. The van der Waals surface area contributed by atoms with Gasteiger partial charge in [-0.05, 0) is 24.6 Å². The molecule has 2 aromatic heterocycles. The highest BCUT2D eigenvalue weighted by atomic mass is 16.5. The van der Waals surface area contributed by atoms with Crippen molar-refractivity contribution >= 4 is 5.97 Å². The number of aromatic nitrogens is 4. The van der Waals surface area contributed by atoms with Crippen molar-refractivity contribution in [3.63, 3.8) is 0 Å². The molecule has 0 aliphatic carbocycles. The van der Waals surface area contributed by atoms with Crippen LogP contribution in [-0.4, -0.2) is 32.7 Å². The van der Waals surface area contributed by atoms with Gasteiger partial charge >= 0.3 is 5.97 Å². The van der Waals surface area contributed by atoms with Gasteiger partial charge in [-0.3, -0.25) is 4.98 Å². The second-order valence-corrected chi connectivity index (χ2v) is 3.37. The molecule has 2 rings (SSSR count). The molecule has 0 spiro atoms. The number of carbonyl (C=O) groups is 1. The van der Waals surface area contributed by atoms with Crippen LogP contribution in [0.25, 0.3) is 0 Å². The van der Waals surface area contributed by atoms with Crippen molar-refractivity contribution in [1.82, 2.24) is 20.2 Å². The minimum absolute atomic E-state index is 0.135. The number of hydrogen-bond donors (Lipinski definition) is 1. The summed E-state index contributed by atoms with van der Waals surface area (Å²) in [6.45, 7) is 2.06. The van der Waals surface area contributed by atoms with Crippen LogP contribution in [0.2, 0.25) is 0 Å². The van der Waals surface area contributed by atoms with Crippen LogP contribution in [-0.2, 0) is 11.2 Å². The molecule has 0 unspecified atom stereocenters. The number of pyridine rings is 1. The largest absolute Gasteiger partial charge is 0.460 e. The summed E-state index contributed by atoms with van der Waals surface area (Å²) in [5, 5.41) is 7.62. The molecule has 0 atom stereocenters. The van der Waals surface area contributed by atoms with Crippen molar-refractivity contribution in [2.24, 2.45) is 0 Å². The Balaban J connectivity index is 2.06. The second kappa shape index (κ2) is 5.20. The third kappa shape index (κ3) is 2.87. The van der Waals surface area contributed by atoms with Crippen LogP contribution in [0.4, 0.5) is 0 Å². The predicted molar refractivity (Wildman–Crippen MR) is 59.4 cm³/mol. The summed E-state index contributed by atoms with van der Waals surface area (Å²) in [5.74, 6) is 0.274. The minimum atomic E-state index is -0.485. The lowest BCUT2D eigenvalue weighted by Crippen LogP contribution is -2.06. The highest BCUT2D eigenvalue weighted by Gasteiger charge is 2.12. The maximum atomic E-state index is 11.3. The van der Waals surface area contributed by atoms with E-state index in [2.05, 4.69) is 20.2 Å². The van der Waals surface area contributed by atoms with Gasteiger partial charge in [-0.2, -0.15) is 0 Å². The standard InChI is InChI=1S/C11H12N4O2/c1-2-17-11(16)10-13-9(14-15-10)7-8-3-5-12-6-4-8/h3-6H,2,7H2,1H3,(H,13,14,15). The summed E-state index contributed by atoms with van der Waals surface area (Å²) in [5.41, 5.74) is 1.05. The number of nitrogens with zero attached hydrogens (tertiary/aromatic N) is 3. The lowest BCUT2D eigenvalue weighted by Gasteiger charge is -1.96. The Hall–Kier alpha value is -2.24. The number of rotatable bonds is 4. The smallest absolute Gasteiger partial charge is 0.376 e. The third-order valence-electron chi connectivity index (χ3n) is 2.12. The monoisotopic (exact) mass is 232 g/mol. The first-order chi connectivity index (χ1) is 8.29. The van der Waals surface area contributed by atoms with E-state index >= 15 is 0 Å². The Morgan fingerprint density at radius 3 is 2.82 bits per heavy atom. The molecule has 1 N–H and O–H groups in total. The zero-order valence-electron chi connectivity index (χ0n) is 9.38. The topological polar surface area (TPSA) is 80.8 Å². The van der Waals surface area contributed by atoms with Gasteiger partial charge in [0.15, 0.2) is 0 Å². The van der Waals surface area contributed by atoms with E-state index in [4.69, 9.17) is 4.74 Å². The zero-order chi connectivity index (χ0) is 12.1. The Morgan fingerprint density at radius 1 is 1.35 bits per heavy atom. The van der Waals surface area contributed by atoms with Gasteiger partial charge in [0.1, 0.15) is 5.82 Å². The van der Waals surface area contributed by atoms with E-state index in [0.29, 0.717) is 18.9 Å². The van der Waals surface area contributed by atoms with E-state index in [0.717, 1.165) is 5.56 Å². The van der Waals surface area contributed by atoms with Gasteiger partial charge in [0, 0.05) is 18.8 Å². The van der Waals surface area contributed by atoms with Gasteiger partial charge in [-0.1, -0.05) is 0 Å². The number of ether oxygens (including phenoxy) is 1. The number of aromatic amines is 1. The van der Waals surface area contributed by atoms with E-state index in [1.165, 1.54) is 0 Å². The number of hydrogen-bond acceptors (Lipinski definition) is 5. The SMILES string of the molecule is CCOC(=O)c1nnc(Cc2ccncc2)[nH]1. The van der Waals surface area contributed by atoms with Crippen LogP contribution in [0.15, 0.2) is 24.5 Å². The Kier molecular flexibility index (Phi) is 3.44. The highest BCUT2D eigenvalue weighted by Crippen LogP contribution is 2.04. The van der Waals surface area contributed by atoms with E-state index < -0.39 is 5.97 Å². The molecule has 0 aliphatic rings. The number of nitrogens with one attached hydrogen (secondary N) is 1. The summed E-state index contributed by atoms with van der Waals surface area (Å²) >= 11 is 0. The Labute approximate surface area is 98.1 Å². The van der Waals surface area contributed by atoms with Gasteiger partial charge in [-0.15, -0.1) is 10.2 Å². The van der Waals surface area contributed by atoms with Gasteiger partial charge < -0.3 is 9.72 Å². The fourth-order valence-electron chi connectivity index (χ4n) is 1.36. The summed E-state index contributed by atoms with van der Waals surface area (Å²) in [6.07, 6.45) is 3.99. The van der Waals surface area contributed by atoms with Crippen LogP contribution in [0, 0.1) is 0 Å². The minimum Gasteiger partial charge on any atom is -0.460 e. The second-order valence-electron chi connectivity index (χ2n) is 3.37. The van der Waals surface area contributed by atoms with E-state index in [1.54, 1.807) is 19.3 Å². The summed E-state index contributed by atoms with van der Waals surface area (Å²) in [7, 11) is 0. The molecular weight excluding hydrogens is 220 g/mol. The first-order valence-electron chi connectivity index (χ1n) is 5.27. The molecule has 0 amide bonds. The van der Waals surface area contributed by atoms with Gasteiger partial charge in [-0.25, -0.2) is 4.79 Å². The number of H-pyrrole nitrogens is 1. The average molecular weight is 232 g/mol. The number of esters is 1. The normalized spacial score (nSPS) is 10.2. The van der Waals surface area contributed by atoms with Gasteiger partial charge in [0.2, 0.25) is 5.82 Å². The molecule has 0 aliphatic heterocycles. The molecule has 2 aromatic rings. The molecule has 0 saturated heterocycles.